The molecule has 0 aromatic heterocycles. The molecule has 6 nitrogen and oxygen atoms in total. The van der Waals surface area contributed by atoms with Crippen LogP contribution in [0.25, 0.3) is 11.1 Å². The molecule has 0 bridgehead atoms. The number of esters is 1. The van der Waals surface area contributed by atoms with Crippen molar-refractivity contribution in [2.24, 2.45) is 0 Å². The lowest BCUT2D eigenvalue weighted by atomic mass is 10.1. The Bertz CT molecular complexity index is 786. The average Bonchev–Trinajstić information content (AvgIpc) is 3.09. The molecule has 0 amide bonds. The van der Waals surface area contributed by atoms with Crippen LogP contribution in [-0.4, -0.2) is 48.9 Å². The molecule has 1 aliphatic carbocycles. The zero-order valence-corrected chi connectivity index (χ0v) is 16.0. The molecule has 150 valence electrons. The van der Waals surface area contributed by atoms with E-state index >= 15 is 0 Å². The van der Waals surface area contributed by atoms with E-state index < -0.39 is 12.3 Å². The third-order valence-corrected chi connectivity index (χ3v) is 4.04. The fraction of sp³-hybridized carbons (Fsp3) is 0.318. The molecule has 0 spiro atoms. The average molecular weight is 386 g/mol. The summed E-state index contributed by atoms with van der Waals surface area (Å²) in [5.74, 6) is 0.216. The summed E-state index contributed by atoms with van der Waals surface area (Å²) in [6.45, 7) is 5.99. The van der Waals surface area contributed by atoms with Gasteiger partial charge in [-0.2, -0.15) is 0 Å². The lowest BCUT2D eigenvalue weighted by Gasteiger charge is -2.09. The Kier molecular flexibility index (Phi) is 8.84. The lowest BCUT2D eigenvalue weighted by Crippen LogP contribution is -2.19. The van der Waals surface area contributed by atoms with Gasteiger partial charge in [-0.1, -0.05) is 43.0 Å². The Labute approximate surface area is 165 Å². The van der Waals surface area contributed by atoms with Gasteiger partial charge in [-0.05, 0) is 29.7 Å². The summed E-state index contributed by atoms with van der Waals surface area (Å²) in [5.41, 5.74) is 4.73. The molecule has 1 atom stereocenters. The highest BCUT2D eigenvalue weighted by Crippen LogP contribution is 2.40. The minimum Gasteiger partial charge on any atom is -0.423 e. The maximum atomic E-state index is 11.3. The van der Waals surface area contributed by atoms with E-state index in [4.69, 9.17) is 24.4 Å². The molecule has 0 radical (unpaired) electrons. The number of fused-ring (bicyclic) bond motifs is 3. The van der Waals surface area contributed by atoms with Crippen molar-refractivity contribution in [1.82, 2.24) is 0 Å². The highest BCUT2D eigenvalue weighted by atomic mass is 16.6. The molecule has 2 aromatic carbocycles. The van der Waals surface area contributed by atoms with Crippen LogP contribution < -0.4 is 4.74 Å². The summed E-state index contributed by atoms with van der Waals surface area (Å²) in [6, 6.07) is 14.1. The van der Waals surface area contributed by atoms with Crippen LogP contribution in [0.2, 0.25) is 0 Å². The first-order chi connectivity index (χ1) is 13.6. The van der Waals surface area contributed by atoms with Gasteiger partial charge in [-0.15, -0.1) is 0 Å². The Balaban J connectivity index is 0.000000242. The molecule has 1 unspecified atom stereocenters. The normalized spacial score (nSPS) is 12.2. The molecular weight excluding hydrogens is 360 g/mol. The van der Waals surface area contributed by atoms with Crippen molar-refractivity contribution in [2.45, 2.75) is 19.6 Å². The zero-order chi connectivity index (χ0) is 20.4. The second-order valence-electron chi connectivity index (χ2n) is 5.95. The molecule has 0 aliphatic heterocycles. The Morgan fingerprint density at radius 1 is 1.21 bits per heavy atom. The molecule has 0 heterocycles. The van der Waals surface area contributed by atoms with Crippen LogP contribution in [0, 0.1) is 0 Å². The van der Waals surface area contributed by atoms with Crippen molar-refractivity contribution >= 4 is 5.97 Å². The summed E-state index contributed by atoms with van der Waals surface area (Å²) in [6.07, 6.45) is 1.13. The van der Waals surface area contributed by atoms with E-state index in [2.05, 4.69) is 24.8 Å². The lowest BCUT2D eigenvalue weighted by molar-refractivity contribution is -0.136. The van der Waals surface area contributed by atoms with Crippen LogP contribution in [0.4, 0.5) is 0 Å². The molecule has 3 rings (SSSR count). The number of carbonyl (C=O) groups excluding carboxylic acids is 1. The number of aliphatic hydroxyl groups is 2. The maximum Gasteiger partial charge on any atom is 0.335 e. The molecule has 0 fully saturated rings. The third kappa shape index (κ3) is 6.00. The van der Waals surface area contributed by atoms with Crippen molar-refractivity contribution in [3.05, 3.63) is 66.2 Å². The standard InChI is InChI=1S/C16H12O2.C6H14O4/c1-2-16(17)18-15-9-5-8-13-12-7-4-3-6-11(12)10-14(13)15;1-2-10-6(8)5-9-4-3-7/h2-9H,1,10H2;6-8H,2-5H2,1H3. The predicted molar refractivity (Wildman–Crippen MR) is 106 cm³/mol. The first-order valence-electron chi connectivity index (χ1n) is 9.13. The highest BCUT2D eigenvalue weighted by molar-refractivity contribution is 5.85. The number of ether oxygens (including phenoxy) is 3. The smallest absolute Gasteiger partial charge is 0.335 e. The van der Waals surface area contributed by atoms with E-state index in [0.29, 0.717) is 12.4 Å². The maximum absolute atomic E-state index is 11.3. The summed E-state index contributed by atoms with van der Waals surface area (Å²) in [4.78, 5) is 11.3. The number of aliphatic hydroxyl groups excluding tert-OH is 2. The van der Waals surface area contributed by atoms with E-state index in [0.717, 1.165) is 17.5 Å². The van der Waals surface area contributed by atoms with Gasteiger partial charge in [0.15, 0.2) is 6.29 Å². The van der Waals surface area contributed by atoms with Gasteiger partial charge in [-0.3, -0.25) is 0 Å². The summed E-state index contributed by atoms with van der Waals surface area (Å²) < 4.78 is 14.8. The molecule has 28 heavy (non-hydrogen) atoms. The van der Waals surface area contributed by atoms with Crippen LogP contribution in [-0.2, 0) is 20.7 Å². The van der Waals surface area contributed by atoms with Crippen molar-refractivity contribution in [2.75, 3.05) is 26.4 Å². The number of benzene rings is 2. The zero-order valence-electron chi connectivity index (χ0n) is 16.0. The van der Waals surface area contributed by atoms with Gasteiger partial charge in [-0.25, -0.2) is 4.79 Å². The van der Waals surface area contributed by atoms with E-state index in [1.165, 1.54) is 17.2 Å². The topological polar surface area (TPSA) is 85.2 Å². The van der Waals surface area contributed by atoms with E-state index in [9.17, 15) is 4.79 Å². The minimum absolute atomic E-state index is 0.0289. The van der Waals surface area contributed by atoms with Gasteiger partial charge >= 0.3 is 5.97 Å². The molecular formula is C22H26O6. The number of hydrogen-bond acceptors (Lipinski definition) is 6. The first-order valence-corrected chi connectivity index (χ1v) is 9.13. The Morgan fingerprint density at radius 3 is 2.68 bits per heavy atom. The quantitative estimate of drug-likeness (QED) is 0.204. The Hall–Kier alpha value is -2.51. The van der Waals surface area contributed by atoms with E-state index in [-0.39, 0.29) is 19.8 Å². The monoisotopic (exact) mass is 386 g/mol. The van der Waals surface area contributed by atoms with Gasteiger partial charge in [0, 0.05) is 24.7 Å². The highest BCUT2D eigenvalue weighted by Gasteiger charge is 2.21. The van der Waals surface area contributed by atoms with Crippen molar-refractivity contribution in [3.8, 4) is 16.9 Å². The predicted octanol–water partition coefficient (Wildman–Crippen LogP) is 2.70. The van der Waals surface area contributed by atoms with Gasteiger partial charge < -0.3 is 24.4 Å². The van der Waals surface area contributed by atoms with Gasteiger partial charge in [0.1, 0.15) is 5.75 Å². The molecule has 1 aliphatic rings. The molecule has 2 N–H and O–H groups in total. The summed E-state index contributed by atoms with van der Waals surface area (Å²) in [7, 11) is 0. The van der Waals surface area contributed by atoms with E-state index in [1.54, 1.807) is 6.92 Å². The minimum atomic E-state index is -0.864. The molecule has 0 saturated carbocycles. The number of carbonyl (C=O) groups is 1. The van der Waals surface area contributed by atoms with Gasteiger partial charge in [0.2, 0.25) is 0 Å². The SMILES string of the molecule is C=CC(=O)Oc1cccc2c1Cc1ccccc1-2.CCOC(O)COCCO. The number of rotatable bonds is 8. The largest absolute Gasteiger partial charge is 0.423 e. The second kappa shape index (κ2) is 11.4. The molecule has 6 heteroatoms. The van der Waals surface area contributed by atoms with Crippen molar-refractivity contribution in [1.29, 1.82) is 0 Å². The van der Waals surface area contributed by atoms with Gasteiger partial charge in [0.25, 0.3) is 0 Å². The Morgan fingerprint density at radius 2 is 1.96 bits per heavy atom. The summed E-state index contributed by atoms with van der Waals surface area (Å²) >= 11 is 0. The van der Waals surface area contributed by atoms with Crippen LogP contribution >= 0.6 is 0 Å². The van der Waals surface area contributed by atoms with Crippen LogP contribution in [0.1, 0.15) is 18.1 Å². The van der Waals surface area contributed by atoms with Crippen LogP contribution in [0.15, 0.2) is 55.1 Å². The fourth-order valence-corrected chi connectivity index (χ4v) is 2.86. The number of hydrogen-bond donors (Lipinski definition) is 2. The third-order valence-electron chi connectivity index (χ3n) is 4.04. The summed E-state index contributed by atoms with van der Waals surface area (Å²) in [5, 5.41) is 17.1. The van der Waals surface area contributed by atoms with Crippen molar-refractivity contribution in [3.63, 3.8) is 0 Å². The second-order valence-corrected chi connectivity index (χ2v) is 5.95. The van der Waals surface area contributed by atoms with Crippen LogP contribution in [0.3, 0.4) is 0 Å². The molecule has 0 saturated heterocycles. The van der Waals surface area contributed by atoms with Crippen molar-refractivity contribution < 1.29 is 29.2 Å². The van der Waals surface area contributed by atoms with E-state index in [1.807, 2.05) is 24.3 Å². The van der Waals surface area contributed by atoms with Crippen LogP contribution in [0.5, 0.6) is 5.75 Å². The van der Waals surface area contributed by atoms with Gasteiger partial charge in [0.05, 0.1) is 19.8 Å². The molecule has 2 aromatic rings. The first kappa shape index (κ1) is 21.8. The fourth-order valence-electron chi connectivity index (χ4n) is 2.86.